The number of likely N-dealkylation sites (tertiary alicyclic amines) is 1. The topological polar surface area (TPSA) is 55.6 Å². The van der Waals surface area contributed by atoms with Crippen LogP contribution in [0.3, 0.4) is 0 Å². The van der Waals surface area contributed by atoms with Crippen LogP contribution in [-0.4, -0.2) is 36.0 Å². The van der Waals surface area contributed by atoms with E-state index in [1.165, 1.54) is 12.1 Å². The second-order valence-electron chi connectivity index (χ2n) is 4.55. The number of carbonyl (C=O) groups is 1. The van der Waals surface area contributed by atoms with Crippen LogP contribution in [0.2, 0.25) is 0 Å². The van der Waals surface area contributed by atoms with E-state index in [-0.39, 0.29) is 17.8 Å². The molecule has 0 spiro atoms. The van der Waals surface area contributed by atoms with Crippen LogP contribution in [0.25, 0.3) is 0 Å². The van der Waals surface area contributed by atoms with Crippen LogP contribution in [-0.2, 0) is 4.79 Å². The summed E-state index contributed by atoms with van der Waals surface area (Å²) < 4.78 is 18.4. The number of halogens is 1. The summed E-state index contributed by atoms with van der Waals surface area (Å²) in [6.45, 7) is 2.89. The Labute approximate surface area is 106 Å². The van der Waals surface area contributed by atoms with Crippen molar-refractivity contribution in [1.82, 2.24) is 4.90 Å². The number of hydrogen-bond acceptors (Lipinski definition) is 3. The summed E-state index contributed by atoms with van der Waals surface area (Å²) >= 11 is 0. The van der Waals surface area contributed by atoms with Crippen molar-refractivity contribution in [2.75, 3.05) is 13.1 Å². The fourth-order valence-corrected chi connectivity index (χ4v) is 2.04. The molecule has 98 valence electrons. The van der Waals surface area contributed by atoms with E-state index in [4.69, 9.17) is 10.5 Å². The highest BCUT2D eigenvalue weighted by Crippen LogP contribution is 2.16. The van der Waals surface area contributed by atoms with E-state index in [1.807, 2.05) is 0 Å². The van der Waals surface area contributed by atoms with Gasteiger partial charge in [-0.05, 0) is 25.5 Å². The minimum absolute atomic E-state index is 0.0512. The summed E-state index contributed by atoms with van der Waals surface area (Å²) in [5.41, 5.74) is 5.75. The van der Waals surface area contributed by atoms with Crippen molar-refractivity contribution in [1.29, 1.82) is 0 Å². The molecule has 1 saturated heterocycles. The summed E-state index contributed by atoms with van der Waals surface area (Å²) in [7, 11) is 0. The molecule has 2 rings (SSSR count). The SMILES string of the molecule is C[C@H](Oc1cccc(F)c1)C(=O)N1CC[C@@H](N)C1. The highest BCUT2D eigenvalue weighted by Gasteiger charge is 2.28. The fraction of sp³-hybridized carbons (Fsp3) is 0.462. The number of rotatable bonds is 3. The molecule has 5 heteroatoms. The van der Waals surface area contributed by atoms with E-state index >= 15 is 0 Å². The molecule has 1 heterocycles. The molecule has 4 nitrogen and oxygen atoms in total. The van der Waals surface area contributed by atoms with Gasteiger partial charge in [0, 0.05) is 25.2 Å². The second kappa shape index (κ2) is 5.35. The predicted octanol–water partition coefficient (Wildman–Crippen LogP) is 1.15. The Morgan fingerprint density at radius 3 is 3.00 bits per heavy atom. The van der Waals surface area contributed by atoms with E-state index < -0.39 is 6.10 Å². The van der Waals surface area contributed by atoms with Gasteiger partial charge in [0.15, 0.2) is 6.10 Å². The van der Waals surface area contributed by atoms with Crippen LogP contribution < -0.4 is 10.5 Å². The number of carbonyl (C=O) groups excluding carboxylic acids is 1. The van der Waals surface area contributed by atoms with E-state index in [0.717, 1.165) is 6.42 Å². The Kier molecular flexibility index (Phi) is 3.81. The number of nitrogens with zero attached hydrogens (tertiary/aromatic N) is 1. The van der Waals surface area contributed by atoms with Gasteiger partial charge in [-0.25, -0.2) is 4.39 Å². The van der Waals surface area contributed by atoms with Gasteiger partial charge < -0.3 is 15.4 Å². The van der Waals surface area contributed by atoms with Crippen LogP contribution >= 0.6 is 0 Å². The minimum atomic E-state index is -0.628. The Hall–Kier alpha value is -1.62. The van der Waals surface area contributed by atoms with Gasteiger partial charge in [-0.3, -0.25) is 4.79 Å². The maximum Gasteiger partial charge on any atom is 0.263 e. The molecular formula is C13H17FN2O2. The second-order valence-corrected chi connectivity index (χ2v) is 4.55. The normalized spacial score (nSPS) is 20.8. The van der Waals surface area contributed by atoms with Crippen LogP contribution in [0.4, 0.5) is 4.39 Å². The first-order valence-corrected chi connectivity index (χ1v) is 6.03. The van der Waals surface area contributed by atoms with Gasteiger partial charge in [-0.15, -0.1) is 0 Å². The quantitative estimate of drug-likeness (QED) is 0.878. The molecule has 1 amide bonds. The zero-order valence-corrected chi connectivity index (χ0v) is 10.3. The molecular weight excluding hydrogens is 235 g/mol. The third kappa shape index (κ3) is 2.98. The zero-order chi connectivity index (χ0) is 13.1. The van der Waals surface area contributed by atoms with Crippen molar-refractivity contribution in [2.45, 2.75) is 25.5 Å². The lowest BCUT2D eigenvalue weighted by molar-refractivity contribution is -0.136. The molecule has 1 fully saturated rings. The van der Waals surface area contributed by atoms with Gasteiger partial charge in [-0.1, -0.05) is 6.07 Å². The van der Waals surface area contributed by atoms with E-state index in [0.29, 0.717) is 18.8 Å². The predicted molar refractivity (Wildman–Crippen MR) is 65.7 cm³/mol. The summed E-state index contributed by atoms with van der Waals surface area (Å²) in [4.78, 5) is 13.7. The van der Waals surface area contributed by atoms with Gasteiger partial charge in [0.05, 0.1) is 0 Å². The summed E-state index contributed by atoms with van der Waals surface area (Å²) in [6.07, 6.45) is 0.190. The number of nitrogens with two attached hydrogens (primary N) is 1. The van der Waals surface area contributed by atoms with Gasteiger partial charge in [-0.2, -0.15) is 0 Å². The number of ether oxygens (including phenoxy) is 1. The van der Waals surface area contributed by atoms with E-state index in [9.17, 15) is 9.18 Å². The smallest absolute Gasteiger partial charge is 0.263 e. The standard InChI is InChI=1S/C13H17FN2O2/c1-9(13(17)16-6-5-11(15)8-16)18-12-4-2-3-10(14)7-12/h2-4,7,9,11H,5-6,8,15H2,1H3/t9-,11+/m0/s1. The maximum atomic E-state index is 13.0. The van der Waals surface area contributed by atoms with Crippen molar-refractivity contribution in [3.63, 3.8) is 0 Å². The first-order valence-electron chi connectivity index (χ1n) is 6.03. The van der Waals surface area contributed by atoms with Gasteiger partial charge in [0.2, 0.25) is 0 Å². The van der Waals surface area contributed by atoms with Crippen molar-refractivity contribution < 1.29 is 13.9 Å². The lowest BCUT2D eigenvalue weighted by atomic mass is 10.3. The first kappa shape index (κ1) is 12.8. The van der Waals surface area contributed by atoms with Crippen molar-refractivity contribution in [2.24, 2.45) is 5.73 Å². The molecule has 2 atom stereocenters. The Balaban J connectivity index is 1.95. The number of amides is 1. The Bertz CT molecular complexity index is 439. The third-order valence-electron chi connectivity index (χ3n) is 2.99. The number of hydrogen-bond donors (Lipinski definition) is 1. The summed E-state index contributed by atoms with van der Waals surface area (Å²) in [5.74, 6) is -0.123. The third-order valence-corrected chi connectivity index (χ3v) is 2.99. The first-order chi connectivity index (χ1) is 8.56. The Morgan fingerprint density at radius 1 is 1.61 bits per heavy atom. The lowest BCUT2D eigenvalue weighted by Crippen LogP contribution is -2.40. The van der Waals surface area contributed by atoms with Crippen LogP contribution in [0, 0.1) is 5.82 Å². The van der Waals surface area contributed by atoms with Crippen LogP contribution in [0.5, 0.6) is 5.75 Å². The zero-order valence-electron chi connectivity index (χ0n) is 10.3. The van der Waals surface area contributed by atoms with Gasteiger partial charge in [0.25, 0.3) is 5.91 Å². The molecule has 0 bridgehead atoms. The van der Waals surface area contributed by atoms with Gasteiger partial charge >= 0.3 is 0 Å². The molecule has 1 aromatic rings. The molecule has 0 aliphatic carbocycles. The van der Waals surface area contributed by atoms with Crippen molar-refractivity contribution in [3.8, 4) is 5.75 Å². The minimum Gasteiger partial charge on any atom is -0.481 e. The van der Waals surface area contributed by atoms with Crippen molar-refractivity contribution >= 4 is 5.91 Å². The number of benzene rings is 1. The molecule has 0 radical (unpaired) electrons. The molecule has 0 aromatic heterocycles. The van der Waals surface area contributed by atoms with E-state index in [2.05, 4.69) is 0 Å². The molecule has 0 unspecified atom stereocenters. The highest BCUT2D eigenvalue weighted by atomic mass is 19.1. The van der Waals surface area contributed by atoms with Crippen LogP contribution in [0.1, 0.15) is 13.3 Å². The highest BCUT2D eigenvalue weighted by molar-refractivity contribution is 5.81. The molecule has 1 aromatic carbocycles. The van der Waals surface area contributed by atoms with E-state index in [1.54, 1.807) is 24.0 Å². The molecule has 18 heavy (non-hydrogen) atoms. The molecule has 1 aliphatic heterocycles. The average Bonchev–Trinajstić information content (AvgIpc) is 2.75. The maximum absolute atomic E-state index is 13.0. The van der Waals surface area contributed by atoms with Crippen molar-refractivity contribution in [3.05, 3.63) is 30.1 Å². The fourth-order valence-electron chi connectivity index (χ4n) is 2.04. The van der Waals surface area contributed by atoms with Crippen LogP contribution in [0.15, 0.2) is 24.3 Å². The Morgan fingerprint density at radius 2 is 2.39 bits per heavy atom. The largest absolute Gasteiger partial charge is 0.481 e. The molecule has 2 N–H and O–H groups in total. The monoisotopic (exact) mass is 252 g/mol. The summed E-state index contributed by atoms with van der Waals surface area (Å²) in [6, 6.07) is 5.82. The van der Waals surface area contributed by atoms with Gasteiger partial charge in [0.1, 0.15) is 11.6 Å². The molecule has 1 aliphatic rings. The summed E-state index contributed by atoms with van der Waals surface area (Å²) in [5, 5.41) is 0. The average molecular weight is 252 g/mol. The molecule has 0 saturated carbocycles. The lowest BCUT2D eigenvalue weighted by Gasteiger charge is -2.21.